The molecule has 1 unspecified atom stereocenters. The van der Waals surface area contributed by atoms with Crippen LogP contribution in [0.2, 0.25) is 0 Å². The molecule has 0 aliphatic heterocycles. The summed E-state index contributed by atoms with van der Waals surface area (Å²) in [5, 5.41) is 11.7. The maximum absolute atomic E-state index is 11.2. The lowest BCUT2D eigenvalue weighted by molar-refractivity contribution is -0.122. The van der Waals surface area contributed by atoms with Gasteiger partial charge in [-0.25, -0.2) is 0 Å². The van der Waals surface area contributed by atoms with E-state index in [0.717, 1.165) is 23.0 Å². The highest BCUT2D eigenvalue weighted by atomic mass is 16.5. The van der Waals surface area contributed by atoms with Crippen molar-refractivity contribution in [2.24, 2.45) is 5.92 Å². The van der Waals surface area contributed by atoms with Gasteiger partial charge in [0, 0.05) is 13.0 Å². The molecule has 1 aliphatic carbocycles. The molecule has 0 bridgehead atoms. The third kappa shape index (κ3) is 2.50. The highest BCUT2D eigenvalue weighted by Gasteiger charge is 2.27. The number of fused-ring (bicyclic) bond motifs is 1. The van der Waals surface area contributed by atoms with E-state index in [1.807, 2.05) is 6.92 Å². The Balaban J connectivity index is 2.35. The largest absolute Gasteiger partial charge is 0.483 e. The average molecular weight is 272 g/mol. The van der Waals surface area contributed by atoms with Crippen molar-refractivity contribution in [1.82, 2.24) is 5.32 Å². The van der Waals surface area contributed by atoms with Gasteiger partial charge in [-0.05, 0) is 42.5 Å². The number of rotatable bonds is 4. The summed E-state index contributed by atoms with van der Waals surface area (Å²) < 4.78 is 5.47. The Labute approximate surface area is 117 Å². The first kappa shape index (κ1) is 14.1. The molecule has 0 fully saturated rings. The predicted molar refractivity (Wildman–Crippen MR) is 72.4 cm³/mol. The van der Waals surface area contributed by atoms with Gasteiger partial charge in [-0.15, -0.1) is 0 Å². The minimum atomic E-state index is -0.228. The monoisotopic (exact) mass is 272 g/mol. The fraction of sp³-hybridized carbons (Fsp3) is 0.400. The normalized spacial score (nSPS) is 16.1. The summed E-state index contributed by atoms with van der Waals surface area (Å²) in [6.45, 7) is 1.81. The molecular formula is C15H16N2O3. The number of nitrogens with zero attached hydrogens (tertiary/aromatic N) is 1. The highest BCUT2D eigenvalue weighted by Crippen LogP contribution is 2.36. The van der Waals surface area contributed by atoms with Gasteiger partial charge in [0.05, 0.1) is 11.6 Å². The van der Waals surface area contributed by atoms with Crippen molar-refractivity contribution in [2.75, 3.05) is 13.7 Å². The quantitative estimate of drug-likeness (QED) is 0.826. The van der Waals surface area contributed by atoms with Crippen molar-refractivity contribution in [1.29, 1.82) is 5.26 Å². The molecular weight excluding hydrogens is 256 g/mol. The second-order valence-electron chi connectivity index (χ2n) is 4.88. The molecule has 1 aromatic rings. The Morgan fingerprint density at radius 1 is 1.55 bits per heavy atom. The number of benzene rings is 1. The molecule has 1 aliphatic rings. The van der Waals surface area contributed by atoms with Gasteiger partial charge in [0.1, 0.15) is 12.0 Å². The topological polar surface area (TPSA) is 79.2 Å². The van der Waals surface area contributed by atoms with Crippen LogP contribution >= 0.6 is 0 Å². The van der Waals surface area contributed by atoms with Gasteiger partial charge < -0.3 is 14.8 Å². The highest BCUT2D eigenvalue weighted by molar-refractivity contribution is 5.77. The van der Waals surface area contributed by atoms with E-state index >= 15 is 0 Å². The summed E-state index contributed by atoms with van der Waals surface area (Å²) in [6.07, 6.45) is 2.18. The van der Waals surface area contributed by atoms with Gasteiger partial charge in [-0.2, -0.15) is 5.26 Å². The maximum atomic E-state index is 11.2. The van der Waals surface area contributed by atoms with Gasteiger partial charge in [-0.3, -0.25) is 4.79 Å². The molecule has 0 spiro atoms. The third-order valence-electron chi connectivity index (χ3n) is 3.67. The minimum absolute atomic E-state index is 0.0648. The molecule has 0 saturated heterocycles. The first-order chi connectivity index (χ1) is 9.60. The maximum Gasteiger partial charge on any atom is 0.257 e. The van der Waals surface area contributed by atoms with Crippen LogP contribution in [0.5, 0.6) is 5.75 Å². The second-order valence-corrected chi connectivity index (χ2v) is 4.88. The summed E-state index contributed by atoms with van der Waals surface area (Å²) in [6, 6.07) is 3.80. The zero-order valence-corrected chi connectivity index (χ0v) is 11.5. The number of hydrogen-bond donors (Lipinski definition) is 1. The van der Waals surface area contributed by atoms with E-state index in [2.05, 4.69) is 11.4 Å². The Hall–Kier alpha value is -2.35. The number of aldehydes is 1. The Kier molecular flexibility index (Phi) is 4.04. The molecule has 1 aromatic carbocycles. The first-order valence-electron chi connectivity index (χ1n) is 6.44. The zero-order chi connectivity index (χ0) is 14.7. The summed E-state index contributed by atoms with van der Waals surface area (Å²) in [5.74, 6) is 0.245. The molecule has 0 heterocycles. The van der Waals surface area contributed by atoms with Crippen LogP contribution in [0.4, 0.5) is 0 Å². The molecule has 2 rings (SSSR count). The zero-order valence-electron chi connectivity index (χ0n) is 11.5. The molecule has 1 amide bonds. The van der Waals surface area contributed by atoms with E-state index in [1.54, 1.807) is 6.07 Å². The summed E-state index contributed by atoms with van der Waals surface area (Å²) in [7, 11) is 1.54. The second kappa shape index (κ2) is 5.74. The number of nitriles is 1. The molecule has 1 N–H and O–H groups in total. The van der Waals surface area contributed by atoms with Crippen LogP contribution in [0, 0.1) is 24.2 Å². The number of amides is 1. The van der Waals surface area contributed by atoms with E-state index in [-0.39, 0.29) is 18.4 Å². The Morgan fingerprint density at radius 2 is 2.25 bits per heavy atom. The van der Waals surface area contributed by atoms with Crippen LogP contribution in [0.15, 0.2) is 6.07 Å². The van der Waals surface area contributed by atoms with Crippen LogP contribution in [0.25, 0.3) is 0 Å². The molecule has 20 heavy (non-hydrogen) atoms. The number of carbonyl (C=O) groups excluding carboxylic acids is 2. The van der Waals surface area contributed by atoms with Gasteiger partial charge >= 0.3 is 0 Å². The lowest BCUT2D eigenvalue weighted by atomic mass is 9.98. The summed E-state index contributed by atoms with van der Waals surface area (Å²) >= 11 is 0. The van der Waals surface area contributed by atoms with Crippen molar-refractivity contribution in [3.05, 3.63) is 28.3 Å². The molecule has 104 valence electrons. The van der Waals surface area contributed by atoms with Crippen molar-refractivity contribution in [3.63, 3.8) is 0 Å². The lowest BCUT2D eigenvalue weighted by Gasteiger charge is -2.13. The van der Waals surface area contributed by atoms with Crippen molar-refractivity contribution >= 4 is 12.2 Å². The number of carbonyl (C=O) groups is 2. The third-order valence-corrected chi connectivity index (χ3v) is 3.67. The molecule has 0 saturated carbocycles. The van der Waals surface area contributed by atoms with Crippen molar-refractivity contribution in [2.45, 2.75) is 19.8 Å². The smallest absolute Gasteiger partial charge is 0.257 e. The van der Waals surface area contributed by atoms with Crippen molar-refractivity contribution < 1.29 is 14.3 Å². The molecule has 0 aromatic heterocycles. The van der Waals surface area contributed by atoms with Crippen LogP contribution in [-0.4, -0.2) is 25.8 Å². The number of hydrogen-bond acceptors (Lipinski definition) is 4. The standard InChI is InChI=1S/C15H16N2O3/c1-9-12-3-10(7-18)4-13(12)11(6-16)5-14(9)20-8-15(19)17-2/h5,7,10H,3-4,8H2,1-2H3,(H,17,19). The first-order valence-corrected chi connectivity index (χ1v) is 6.44. The molecule has 1 atom stereocenters. The van der Waals surface area contributed by atoms with E-state index < -0.39 is 0 Å². The van der Waals surface area contributed by atoms with Crippen LogP contribution in [-0.2, 0) is 22.4 Å². The van der Waals surface area contributed by atoms with Crippen LogP contribution in [0.1, 0.15) is 22.3 Å². The van der Waals surface area contributed by atoms with Crippen molar-refractivity contribution in [3.8, 4) is 11.8 Å². The van der Waals surface area contributed by atoms with Crippen LogP contribution < -0.4 is 10.1 Å². The van der Waals surface area contributed by atoms with E-state index in [9.17, 15) is 14.9 Å². The SMILES string of the molecule is CNC(=O)COc1cc(C#N)c2c(c1C)CC(C=O)C2. The number of likely N-dealkylation sites (N-methyl/N-ethyl adjacent to an activating group) is 1. The summed E-state index contributed by atoms with van der Waals surface area (Å²) in [4.78, 5) is 22.2. The van der Waals surface area contributed by atoms with Gasteiger partial charge in [0.25, 0.3) is 5.91 Å². The fourth-order valence-electron chi connectivity index (χ4n) is 2.53. The minimum Gasteiger partial charge on any atom is -0.483 e. The average Bonchev–Trinajstić information content (AvgIpc) is 2.91. The molecule has 0 radical (unpaired) electrons. The summed E-state index contributed by atoms with van der Waals surface area (Å²) in [5.41, 5.74) is 3.39. The number of ether oxygens (including phenoxy) is 1. The van der Waals surface area contributed by atoms with E-state index in [0.29, 0.717) is 24.2 Å². The Bertz CT molecular complexity index is 602. The van der Waals surface area contributed by atoms with E-state index in [1.165, 1.54) is 7.05 Å². The predicted octanol–water partition coefficient (Wildman–Crippen LogP) is 0.905. The molecule has 5 heteroatoms. The van der Waals surface area contributed by atoms with Gasteiger partial charge in [-0.1, -0.05) is 0 Å². The van der Waals surface area contributed by atoms with Gasteiger partial charge in [0.15, 0.2) is 6.61 Å². The Morgan fingerprint density at radius 3 is 2.85 bits per heavy atom. The fourth-order valence-corrected chi connectivity index (χ4v) is 2.53. The number of nitrogens with one attached hydrogen (secondary N) is 1. The van der Waals surface area contributed by atoms with Gasteiger partial charge in [0.2, 0.25) is 0 Å². The van der Waals surface area contributed by atoms with Crippen LogP contribution in [0.3, 0.4) is 0 Å². The van der Waals surface area contributed by atoms with E-state index in [4.69, 9.17) is 4.74 Å². The molecule has 5 nitrogen and oxygen atoms in total. The lowest BCUT2D eigenvalue weighted by Crippen LogP contribution is -2.25.